The lowest BCUT2D eigenvalue weighted by Crippen LogP contribution is -2.14. The number of nitrogens with zero attached hydrogens (tertiary/aromatic N) is 2. The summed E-state index contributed by atoms with van der Waals surface area (Å²) in [4.78, 5) is 11.9. The second kappa shape index (κ2) is 7.12. The van der Waals surface area contributed by atoms with Crippen LogP contribution in [0, 0.1) is 12.7 Å². The van der Waals surface area contributed by atoms with E-state index in [2.05, 4.69) is 15.5 Å². The molecule has 0 saturated carbocycles. The van der Waals surface area contributed by atoms with E-state index in [9.17, 15) is 17.6 Å². The molecule has 1 N–H and O–H groups in total. The van der Waals surface area contributed by atoms with Gasteiger partial charge in [-0.2, -0.15) is 0 Å². The smallest absolute Gasteiger partial charge is 0.277 e. The van der Waals surface area contributed by atoms with Crippen LogP contribution in [0.15, 0.2) is 27.8 Å². The summed E-state index contributed by atoms with van der Waals surface area (Å²) in [5.74, 6) is -0.576. The number of thioether (sulfide) groups is 1. The van der Waals surface area contributed by atoms with Crippen molar-refractivity contribution in [2.24, 2.45) is 0 Å². The van der Waals surface area contributed by atoms with Crippen molar-refractivity contribution in [3.05, 3.63) is 35.5 Å². The normalized spacial score (nSPS) is 19.0. The van der Waals surface area contributed by atoms with Crippen LogP contribution in [-0.2, 0) is 14.6 Å². The Balaban J connectivity index is 1.53. The third kappa shape index (κ3) is 4.57. The minimum absolute atomic E-state index is 0.0127. The number of sulfone groups is 1. The van der Waals surface area contributed by atoms with Crippen molar-refractivity contribution in [1.29, 1.82) is 0 Å². The molecular formula is C15H16FN3O4S2. The number of aryl methyl sites for hydroxylation is 1. The number of aromatic nitrogens is 2. The SMILES string of the molecule is Cc1ccc(NC(=O)CSc2nnc([C@@H]3CCS(=O)(=O)C3)o2)cc1F. The highest BCUT2D eigenvalue weighted by Gasteiger charge is 2.32. The maximum Gasteiger partial charge on any atom is 0.277 e. The van der Waals surface area contributed by atoms with Crippen LogP contribution in [-0.4, -0.2) is 41.8 Å². The van der Waals surface area contributed by atoms with Gasteiger partial charge in [-0.25, -0.2) is 12.8 Å². The minimum Gasteiger partial charge on any atom is -0.416 e. The molecule has 1 saturated heterocycles. The van der Waals surface area contributed by atoms with Crippen LogP contribution in [0.3, 0.4) is 0 Å². The molecule has 25 heavy (non-hydrogen) atoms. The highest BCUT2D eigenvalue weighted by Crippen LogP contribution is 2.29. The molecule has 2 aromatic rings. The molecule has 1 aromatic heterocycles. The zero-order valence-electron chi connectivity index (χ0n) is 13.4. The first-order valence-corrected chi connectivity index (χ1v) is 10.4. The van der Waals surface area contributed by atoms with Crippen molar-refractivity contribution in [2.45, 2.75) is 24.5 Å². The number of carbonyl (C=O) groups excluding carboxylic acids is 1. The number of hydrogen-bond donors (Lipinski definition) is 1. The van der Waals surface area contributed by atoms with Gasteiger partial charge in [-0.3, -0.25) is 4.79 Å². The van der Waals surface area contributed by atoms with Crippen molar-refractivity contribution in [2.75, 3.05) is 22.6 Å². The van der Waals surface area contributed by atoms with Gasteiger partial charge < -0.3 is 9.73 Å². The molecule has 0 bridgehead atoms. The lowest BCUT2D eigenvalue weighted by molar-refractivity contribution is -0.113. The summed E-state index contributed by atoms with van der Waals surface area (Å²) in [5.41, 5.74) is 0.871. The van der Waals surface area contributed by atoms with E-state index in [4.69, 9.17) is 4.42 Å². The van der Waals surface area contributed by atoms with Gasteiger partial charge in [0.1, 0.15) is 5.82 Å². The zero-order valence-corrected chi connectivity index (χ0v) is 15.0. The van der Waals surface area contributed by atoms with Gasteiger partial charge in [0, 0.05) is 5.69 Å². The maximum atomic E-state index is 13.5. The molecule has 0 radical (unpaired) electrons. The van der Waals surface area contributed by atoms with Gasteiger partial charge in [-0.05, 0) is 31.0 Å². The van der Waals surface area contributed by atoms with E-state index in [1.165, 1.54) is 6.07 Å². The Hall–Kier alpha value is -1.94. The van der Waals surface area contributed by atoms with Gasteiger partial charge in [0.15, 0.2) is 9.84 Å². The molecule has 0 aliphatic carbocycles. The van der Waals surface area contributed by atoms with E-state index in [1.54, 1.807) is 19.1 Å². The fourth-order valence-corrected chi connectivity index (χ4v) is 4.73. The summed E-state index contributed by atoms with van der Waals surface area (Å²) in [7, 11) is -3.03. The third-order valence-corrected chi connectivity index (χ3v) is 6.37. The molecule has 1 aliphatic heterocycles. The first kappa shape index (κ1) is 17.9. The lowest BCUT2D eigenvalue weighted by atomic mass is 10.1. The molecule has 1 amide bonds. The number of amides is 1. The molecule has 0 unspecified atom stereocenters. The number of benzene rings is 1. The Morgan fingerprint density at radius 1 is 1.44 bits per heavy atom. The third-order valence-electron chi connectivity index (χ3n) is 3.79. The Morgan fingerprint density at radius 2 is 2.24 bits per heavy atom. The predicted molar refractivity (Wildman–Crippen MR) is 90.8 cm³/mol. The molecule has 1 aliphatic rings. The second-order valence-corrected chi connectivity index (χ2v) is 8.96. The van der Waals surface area contributed by atoms with Crippen LogP contribution in [0.1, 0.15) is 23.8 Å². The van der Waals surface area contributed by atoms with Gasteiger partial charge in [0.25, 0.3) is 5.22 Å². The van der Waals surface area contributed by atoms with Gasteiger partial charge in [0.05, 0.1) is 23.2 Å². The number of halogens is 1. The summed E-state index contributed by atoms with van der Waals surface area (Å²) in [6.45, 7) is 1.64. The van der Waals surface area contributed by atoms with Crippen molar-refractivity contribution in [3.8, 4) is 0 Å². The average Bonchev–Trinajstić information content (AvgIpc) is 3.15. The van der Waals surface area contributed by atoms with E-state index >= 15 is 0 Å². The van der Waals surface area contributed by atoms with Gasteiger partial charge >= 0.3 is 0 Å². The Labute approximate surface area is 148 Å². The molecule has 2 heterocycles. The topological polar surface area (TPSA) is 102 Å². The standard InChI is InChI=1S/C15H16FN3O4S2/c1-9-2-3-11(6-12(9)16)17-13(20)7-24-15-19-18-14(23-15)10-4-5-25(21,22)8-10/h2-3,6,10H,4-5,7-8H2,1H3,(H,17,20)/t10-/m1/s1. The molecule has 3 rings (SSSR count). The van der Waals surface area contributed by atoms with Crippen LogP contribution >= 0.6 is 11.8 Å². The molecule has 1 fully saturated rings. The van der Waals surface area contributed by atoms with Crippen LogP contribution < -0.4 is 5.32 Å². The highest BCUT2D eigenvalue weighted by atomic mass is 32.2. The molecular weight excluding hydrogens is 369 g/mol. The summed E-state index contributed by atoms with van der Waals surface area (Å²) in [6, 6.07) is 4.45. The van der Waals surface area contributed by atoms with E-state index in [-0.39, 0.29) is 40.2 Å². The molecule has 0 spiro atoms. The largest absolute Gasteiger partial charge is 0.416 e. The number of rotatable bonds is 5. The Morgan fingerprint density at radius 3 is 2.92 bits per heavy atom. The summed E-state index contributed by atoms with van der Waals surface area (Å²) in [6.07, 6.45) is 0.466. The first-order valence-electron chi connectivity index (χ1n) is 7.55. The molecule has 134 valence electrons. The van der Waals surface area contributed by atoms with E-state index in [0.29, 0.717) is 17.7 Å². The van der Waals surface area contributed by atoms with E-state index < -0.39 is 15.7 Å². The fourth-order valence-electron chi connectivity index (χ4n) is 2.43. The Bertz CT molecular complexity index is 898. The molecule has 1 aromatic carbocycles. The summed E-state index contributed by atoms with van der Waals surface area (Å²) in [5, 5.41) is 10.5. The van der Waals surface area contributed by atoms with Crippen LogP contribution in [0.2, 0.25) is 0 Å². The molecule has 1 atom stereocenters. The van der Waals surface area contributed by atoms with Crippen LogP contribution in [0.4, 0.5) is 10.1 Å². The highest BCUT2D eigenvalue weighted by molar-refractivity contribution is 7.99. The number of hydrogen-bond acceptors (Lipinski definition) is 7. The van der Waals surface area contributed by atoms with Crippen molar-refractivity contribution in [3.63, 3.8) is 0 Å². The number of anilines is 1. The second-order valence-electron chi connectivity index (χ2n) is 5.81. The fraction of sp³-hybridized carbons (Fsp3) is 0.400. The summed E-state index contributed by atoms with van der Waals surface area (Å²) < 4.78 is 41.8. The quantitative estimate of drug-likeness (QED) is 0.787. The number of carbonyl (C=O) groups is 1. The lowest BCUT2D eigenvalue weighted by Gasteiger charge is -2.05. The summed E-state index contributed by atoms with van der Waals surface area (Å²) >= 11 is 1.04. The predicted octanol–water partition coefficient (Wildman–Crippen LogP) is 2.15. The van der Waals surface area contributed by atoms with Gasteiger partial charge in [-0.1, -0.05) is 17.8 Å². The molecule has 10 heteroatoms. The van der Waals surface area contributed by atoms with Crippen molar-refractivity contribution < 1.29 is 22.0 Å². The zero-order chi connectivity index (χ0) is 18.0. The van der Waals surface area contributed by atoms with Gasteiger partial charge in [-0.15, -0.1) is 10.2 Å². The first-order chi connectivity index (χ1) is 11.8. The van der Waals surface area contributed by atoms with Crippen molar-refractivity contribution in [1.82, 2.24) is 10.2 Å². The molecule has 7 nitrogen and oxygen atoms in total. The van der Waals surface area contributed by atoms with Crippen LogP contribution in [0.5, 0.6) is 0 Å². The van der Waals surface area contributed by atoms with Crippen LogP contribution in [0.25, 0.3) is 0 Å². The van der Waals surface area contributed by atoms with E-state index in [0.717, 1.165) is 11.8 Å². The number of nitrogens with one attached hydrogen (secondary N) is 1. The monoisotopic (exact) mass is 385 g/mol. The average molecular weight is 385 g/mol. The maximum absolute atomic E-state index is 13.5. The van der Waals surface area contributed by atoms with E-state index in [1.807, 2.05) is 0 Å². The van der Waals surface area contributed by atoms with Gasteiger partial charge in [0.2, 0.25) is 11.8 Å². The Kier molecular flexibility index (Phi) is 5.09. The van der Waals surface area contributed by atoms with Crippen molar-refractivity contribution >= 4 is 33.2 Å². The minimum atomic E-state index is -3.03.